The number of aliphatic hydroxyl groups is 1. The fraction of sp³-hybridized carbons (Fsp3) is 0.438. The van der Waals surface area contributed by atoms with Crippen molar-refractivity contribution >= 4 is 29.2 Å². The first-order valence-electron chi connectivity index (χ1n) is 14.4. The van der Waals surface area contributed by atoms with Crippen LogP contribution in [0.1, 0.15) is 39.2 Å². The molecule has 4 rings (SSSR count). The van der Waals surface area contributed by atoms with E-state index in [1.165, 1.54) is 0 Å². The third kappa shape index (κ3) is 7.65. The maximum Gasteiger partial charge on any atom is 0.336 e. The molecule has 10 heteroatoms. The number of piperazine rings is 1. The molecule has 1 fully saturated rings. The van der Waals surface area contributed by atoms with E-state index < -0.39 is 24.0 Å². The van der Waals surface area contributed by atoms with Gasteiger partial charge in [0.2, 0.25) is 0 Å². The number of esters is 2. The summed E-state index contributed by atoms with van der Waals surface area (Å²) in [7, 11) is 0. The van der Waals surface area contributed by atoms with E-state index in [2.05, 4.69) is 21.2 Å². The molecule has 0 amide bonds. The molecule has 226 valence electrons. The zero-order chi connectivity index (χ0) is 30.2. The molecule has 1 saturated heterocycles. The third-order valence-corrected chi connectivity index (χ3v) is 7.66. The molecular formula is C32H40ClN3O6. The van der Waals surface area contributed by atoms with E-state index in [0.717, 1.165) is 42.5 Å². The summed E-state index contributed by atoms with van der Waals surface area (Å²) in [6.45, 7) is 11.5. The van der Waals surface area contributed by atoms with E-state index in [0.29, 0.717) is 34.8 Å². The SMILES string of the molecule is CCOC(=O)C1=C(C)NC(C)=C(C(=O)OCC)C1c1ccc(OCC(O)CN2CCN(c3cccc(Cl)c3)CC2)cc1. The van der Waals surface area contributed by atoms with Crippen molar-refractivity contribution in [1.29, 1.82) is 0 Å². The highest BCUT2D eigenvalue weighted by Gasteiger charge is 2.38. The summed E-state index contributed by atoms with van der Waals surface area (Å²) in [6, 6.07) is 15.1. The Bertz CT molecular complexity index is 1280. The standard InChI is InChI=1S/C32H40ClN3O6/c1-5-40-31(38)28-21(3)34-22(4)29(32(39)41-6-2)30(28)23-10-12-27(13-11-23)42-20-26(37)19-35-14-16-36(17-15-35)25-9-7-8-24(33)18-25/h7-13,18,26,30,34,37H,5-6,14-17,19-20H2,1-4H3. The normalized spacial score (nSPS) is 17.1. The molecule has 2 aliphatic heterocycles. The first kappa shape index (κ1) is 31.4. The molecule has 2 N–H and O–H groups in total. The number of halogens is 1. The Hall–Kier alpha value is -3.53. The van der Waals surface area contributed by atoms with Crippen molar-refractivity contribution in [2.75, 3.05) is 57.4 Å². The number of carbonyl (C=O) groups is 2. The number of aliphatic hydroxyl groups excluding tert-OH is 1. The maximum absolute atomic E-state index is 13.0. The molecular weight excluding hydrogens is 558 g/mol. The summed E-state index contributed by atoms with van der Waals surface area (Å²) in [6.07, 6.45) is -0.659. The average Bonchev–Trinajstić information content (AvgIpc) is 2.96. The van der Waals surface area contributed by atoms with Gasteiger partial charge in [0.05, 0.1) is 30.3 Å². The molecule has 1 atom stereocenters. The molecule has 0 radical (unpaired) electrons. The van der Waals surface area contributed by atoms with E-state index in [4.69, 9.17) is 25.8 Å². The van der Waals surface area contributed by atoms with E-state index in [-0.39, 0.29) is 19.8 Å². The van der Waals surface area contributed by atoms with Gasteiger partial charge in [-0.3, -0.25) is 4.90 Å². The highest BCUT2D eigenvalue weighted by atomic mass is 35.5. The third-order valence-electron chi connectivity index (χ3n) is 7.42. The van der Waals surface area contributed by atoms with Gasteiger partial charge in [-0.25, -0.2) is 9.59 Å². The van der Waals surface area contributed by atoms with Gasteiger partial charge in [-0.15, -0.1) is 0 Å². The van der Waals surface area contributed by atoms with Gasteiger partial charge < -0.3 is 29.5 Å². The number of dihydropyridines is 1. The van der Waals surface area contributed by atoms with Crippen molar-refractivity contribution in [1.82, 2.24) is 10.2 Å². The van der Waals surface area contributed by atoms with Crippen LogP contribution in [0.4, 0.5) is 5.69 Å². The van der Waals surface area contributed by atoms with E-state index in [1.54, 1.807) is 39.8 Å². The number of rotatable bonds is 11. The number of nitrogens with one attached hydrogen (secondary N) is 1. The van der Waals surface area contributed by atoms with Crippen molar-refractivity contribution in [2.24, 2.45) is 0 Å². The van der Waals surface area contributed by atoms with Crippen molar-refractivity contribution in [3.05, 3.63) is 81.7 Å². The topological polar surface area (TPSA) is 101 Å². The molecule has 2 aliphatic rings. The zero-order valence-corrected chi connectivity index (χ0v) is 25.4. The lowest BCUT2D eigenvalue weighted by Gasteiger charge is -2.36. The lowest BCUT2D eigenvalue weighted by atomic mass is 9.80. The fourth-order valence-corrected chi connectivity index (χ4v) is 5.63. The van der Waals surface area contributed by atoms with E-state index >= 15 is 0 Å². The van der Waals surface area contributed by atoms with Crippen LogP contribution in [0.3, 0.4) is 0 Å². The van der Waals surface area contributed by atoms with Gasteiger partial charge in [0.25, 0.3) is 0 Å². The Kier molecular flexibility index (Phi) is 10.9. The minimum atomic E-state index is -0.659. The first-order valence-corrected chi connectivity index (χ1v) is 14.8. The predicted molar refractivity (Wildman–Crippen MR) is 163 cm³/mol. The van der Waals surface area contributed by atoms with Crippen LogP contribution in [-0.2, 0) is 19.1 Å². The number of β-amino-alcohol motifs (C(OH)–C–C–N with tert-alkyl or cyclic N) is 1. The number of ether oxygens (including phenoxy) is 3. The molecule has 2 aromatic carbocycles. The van der Waals surface area contributed by atoms with Gasteiger partial charge in [0.1, 0.15) is 18.5 Å². The Balaban J connectivity index is 1.38. The molecule has 0 aliphatic carbocycles. The summed E-state index contributed by atoms with van der Waals surface area (Å²) in [5, 5.41) is 14.5. The highest BCUT2D eigenvalue weighted by Crippen LogP contribution is 2.39. The van der Waals surface area contributed by atoms with Crippen LogP contribution in [0.5, 0.6) is 5.75 Å². The predicted octanol–water partition coefficient (Wildman–Crippen LogP) is 4.26. The summed E-state index contributed by atoms with van der Waals surface area (Å²) in [5.41, 5.74) is 3.82. The smallest absolute Gasteiger partial charge is 0.336 e. The molecule has 0 bridgehead atoms. The van der Waals surface area contributed by atoms with Crippen LogP contribution in [0.15, 0.2) is 71.1 Å². The van der Waals surface area contributed by atoms with E-state index in [1.807, 2.05) is 30.3 Å². The van der Waals surface area contributed by atoms with E-state index in [9.17, 15) is 14.7 Å². The van der Waals surface area contributed by atoms with Gasteiger partial charge in [0, 0.05) is 54.8 Å². The summed E-state index contributed by atoms with van der Waals surface area (Å²) in [5.74, 6) is -1.05. The molecule has 9 nitrogen and oxygen atoms in total. The lowest BCUT2D eigenvalue weighted by molar-refractivity contribution is -0.139. The molecule has 2 heterocycles. The Morgan fingerprint density at radius 1 is 0.952 bits per heavy atom. The van der Waals surface area contributed by atoms with Gasteiger partial charge >= 0.3 is 11.9 Å². The number of allylic oxidation sites excluding steroid dienone is 2. The van der Waals surface area contributed by atoms with Crippen molar-refractivity contribution in [3.63, 3.8) is 0 Å². The van der Waals surface area contributed by atoms with Crippen LogP contribution >= 0.6 is 11.6 Å². The number of carbonyl (C=O) groups excluding carboxylic acids is 2. The Labute approximate surface area is 252 Å². The monoisotopic (exact) mass is 597 g/mol. The first-order chi connectivity index (χ1) is 20.2. The molecule has 0 saturated carbocycles. The van der Waals surface area contributed by atoms with Gasteiger partial charge in [-0.1, -0.05) is 29.8 Å². The second kappa shape index (κ2) is 14.6. The fourth-order valence-electron chi connectivity index (χ4n) is 5.45. The molecule has 0 aromatic heterocycles. The molecule has 2 aromatic rings. The highest BCUT2D eigenvalue weighted by molar-refractivity contribution is 6.30. The average molecular weight is 598 g/mol. The zero-order valence-electron chi connectivity index (χ0n) is 24.7. The van der Waals surface area contributed by atoms with Crippen LogP contribution < -0.4 is 15.0 Å². The molecule has 0 spiro atoms. The lowest BCUT2D eigenvalue weighted by Crippen LogP contribution is -2.49. The maximum atomic E-state index is 13.0. The summed E-state index contributed by atoms with van der Waals surface area (Å²) >= 11 is 6.14. The largest absolute Gasteiger partial charge is 0.491 e. The van der Waals surface area contributed by atoms with Gasteiger partial charge in [-0.2, -0.15) is 0 Å². The van der Waals surface area contributed by atoms with Crippen LogP contribution in [-0.4, -0.2) is 80.6 Å². The number of benzene rings is 2. The number of hydrogen-bond donors (Lipinski definition) is 2. The Morgan fingerprint density at radius 2 is 1.55 bits per heavy atom. The van der Waals surface area contributed by atoms with Crippen LogP contribution in [0.2, 0.25) is 5.02 Å². The van der Waals surface area contributed by atoms with Crippen molar-refractivity contribution in [2.45, 2.75) is 39.7 Å². The van der Waals surface area contributed by atoms with Gasteiger partial charge in [-0.05, 0) is 63.6 Å². The number of hydrogen-bond acceptors (Lipinski definition) is 9. The summed E-state index contributed by atoms with van der Waals surface area (Å²) in [4.78, 5) is 30.5. The number of nitrogens with zero attached hydrogens (tertiary/aromatic N) is 2. The van der Waals surface area contributed by atoms with Crippen molar-refractivity contribution in [3.8, 4) is 5.75 Å². The number of anilines is 1. The Morgan fingerprint density at radius 3 is 2.10 bits per heavy atom. The quantitative estimate of drug-likeness (QED) is 0.368. The van der Waals surface area contributed by atoms with Crippen LogP contribution in [0, 0.1) is 0 Å². The minimum Gasteiger partial charge on any atom is -0.491 e. The van der Waals surface area contributed by atoms with Gasteiger partial charge in [0.15, 0.2) is 0 Å². The second-order valence-corrected chi connectivity index (χ2v) is 10.8. The summed E-state index contributed by atoms with van der Waals surface area (Å²) < 4.78 is 16.6. The minimum absolute atomic E-state index is 0.140. The molecule has 1 unspecified atom stereocenters. The second-order valence-electron chi connectivity index (χ2n) is 10.4. The van der Waals surface area contributed by atoms with Crippen molar-refractivity contribution < 1.29 is 28.9 Å². The molecule has 42 heavy (non-hydrogen) atoms. The van der Waals surface area contributed by atoms with Crippen LogP contribution in [0.25, 0.3) is 0 Å².